The van der Waals surface area contributed by atoms with Crippen molar-refractivity contribution in [2.24, 2.45) is 0 Å². The van der Waals surface area contributed by atoms with Crippen molar-refractivity contribution < 1.29 is 0 Å². The molecule has 0 bridgehead atoms. The van der Waals surface area contributed by atoms with Gasteiger partial charge in [-0.1, -0.05) is 43.7 Å². The first-order chi connectivity index (χ1) is 9.76. The number of benzene rings is 1. The molecule has 106 valence electrons. The van der Waals surface area contributed by atoms with Crippen LogP contribution >= 0.6 is 0 Å². The SMILES string of the molecule is CCCNC(c1ccc(C)cc1)c1ccncc1CC. The molecule has 1 heterocycles. The summed E-state index contributed by atoms with van der Waals surface area (Å²) in [6.07, 6.45) is 6.03. The van der Waals surface area contributed by atoms with E-state index >= 15 is 0 Å². The molecule has 2 nitrogen and oxygen atoms in total. The summed E-state index contributed by atoms with van der Waals surface area (Å²) in [5.74, 6) is 0. The van der Waals surface area contributed by atoms with Gasteiger partial charge in [0.25, 0.3) is 0 Å². The van der Waals surface area contributed by atoms with Gasteiger partial charge in [-0.2, -0.15) is 0 Å². The summed E-state index contributed by atoms with van der Waals surface area (Å²) in [7, 11) is 0. The lowest BCUT2D eigenvalue weighted by Crippen LogP contribution is -2.24. The van der Waals surface area contributed by atoms with Gasteiger partial charge < -0.3 is 5.32 Å². The van der Waals surface area contributed by atoms with Crippen LogP contribution in [0, 0.1) is 6.92 Å². The molecule has 0 fully saturated rings. The molecule has 1 N–H and O–H groups in total. The molecular formula is C18H24N2. The Bertz CT molecular complexity index is 531. The Kier molecular flexibility index (Phi) is 5.31. The molecule has 1 unspecified atom stereocenters. The van der Waals surface area contributed by atoms with E-state index in [0.717, 1.165) is 19.4 Å². The Hall–Kier alpha value is -1.67. The van der Waals surface area contributed by atoms with E-state index in [2.05, 4.69) is 61.4 Å². The van der Waals surface area contributed by atoms with Crippen LogP contribution in [-0.2, 0) is 6.42 Å². The normalized spacial score (nSPS) is 12.3. The molecule has 1 atom stereocenters. The Balaban J connectivity index is 2.38. The number of rotatable bonds is 6. The minimum atomic E-state index is 0.258. The molecule has 2 aromatic rings. The standard InChI is InChI=1S/C18H24N2/c1-4-11-20-18(16-8-6-14(3)7-9-16)17-10-12-19-13-15(17)5-2/h6-10,12-13,18,20H,4-5,11H2,1-3H3. The van der Waals surface area contributed by atoms with Crippen LogP contribution in [0.3, 0.4) is 0 Å². The van der Waals surface area contributed by atoms with Crippen LogP contribution < -0.4 is 5.32 Å². The molecule has 0 aliphatic rings. The zero-order valence-electron chi connectivity index (χ0n) is 12.7. The predicted molar refractivity (Wildman–Crippen MR) is 84.9 cm³/mol. The van der Waals surface area contributed by atoms with Gasteiger partial charge in [-0.3, -0.25) is 4.98 Å². The molecule has 2 rings (SSSR count). The van der Waals surface area contributed by atoms with Crippen molar-refractivity contribution >= 4 is 0 Å². The Morgan fingerprint density at radius 3 is 2.50 bits per heavy atom. The minimum Gasteiger partial charge on any atom is -0.306 e. The van der Waals surface area contributed by atoms with Crippen molar-refractivity contribution in [3.8, 4) is 0 Å². The van der Waals surface area contributed by atoms with Crippen molar-refractivity contribution in [2.45, 2.75) is 39.7 Å². The van der Waals surface area contributed by atoms with Crippen LogP contribution in [0.4, 0.5) is 0 Å². The summed E-state index contributed by atoms with van der Waals surface area (Å²) in [6.45, 7) is 7.53. The van der Waals surface area contributed by atoms with Crippen molar-refractivity contribution in [2.75, 3.05) is 6.54 Å². The molecule has 20 heavy (non-hydrogen) atoms. The molecular weight excluding hydrogens is 244 g/mol. The number of aryl methyl sites for hydroxylation is 2. The molecule has 0 amide bonds. The van der Waals surface area contributed by atoms with Gasteiger partial charge in [-0.15, -0.1) is 0 Å². The van der Waals surface area contributed by atoms with E-state index in [4.69, 9.17) is 0 Å². The topological polar surface area (TPSA) is 24.9 Å². The summed E-state index contributed by atoms with van der Waals surface area (Å²) in [4.78, 5) is 4.26. The first kappa shape index (κ1) is 14.7. The fourth-order valence-corrected chi connectivity index (χ4v) is 2.47. The summed E-state index contributed by atoms with van der Waals surface area (Å²) in [5, 5.41) is 3.67. The lowest BCUT2D eigenvalue weighted by Gasteiger charge is -2.22. The van der Waals surface area contributed by atoms with Crippen molar-refractivity contribution in [1.29, 1.82) is 0 Å². The van der Waals surface area contributed by atoms with E-state index in [1.165, 1.54) is 22.3 Å². The van der Waals surface area contributed by atoms with E-state index in [1.54, 1.807) is 0 Å². The molecule has 0 saturated carbocycles. The number of hydrogen-bond acceptors (Lipinski definition) is 2. The minimum absolute atomic E-state index is 0.258. The van der Waals surface area contributed by atoms with Crippen LogP contribution in [0.2, 0.25) is 0 Å². The van der Waals surface area contributed by atoms with Gasteiger partial charge in [0.15, 0.2) is 0 Å². The quantitative estimate of drug-likeness (QED) is 0.855. The van der Waals surface area contributed by atoms with Gasteiger partial charge in [0.1, 0.15) is 0 Å². The summed E-state index contributed by atoms with van der Waals surface area (Å²) < 4.78 is 0. The highest BCUT2D eigenvalue weighted by Gasteiger charge is 2.16. The van der Waals surface area contributed by atoms with Gasteiger partial charge in [-0.25, -0.2) is 0 Å². The monoisotopic (exact) mass is 268 g/mol. The highest BCUT2D eigenvalue weighted by Crippen LogP contribution is 2.25. The molecule has 0 spiro atoms. The third kappa shape index (κ3) is 3.45. The number of nitrogens with zero attached hydrogens (tertiary/aromatic N) is 1. The second-order valence-electron chi connectivity index (χ2n) is 5.23. The smallest absolute Gasteiger partial charge is 0.0580 e. The fraction of sp³-hybridized carbons (Fsp3) is 0.389. The van der Waals surface area contributed by atoms with Crippen molar-refractivity contribution in [1.82, 2.24) is 10.3 Å². The van der Waals surface area contributed by atoms with Gasteiger partial charge in [-0.05, 0) is 49.1 Å². The van der Waals surface area contributed by atoms with Crippen LogP contribution in [0.25, 0.3) is 0 Å². The zero-order valence-corrected chi connectivity index (χ0v) is 12.7. The first-order valence-electron chi connectivity index (χ1n) is 7.49. The van der Waals surface area contributed by atoms with Crippen LogP contribution in [0.15, 0.2) is 42.7 Å². The van der Waals surface area contributed by atoms with E-state index in [-0.39, 0.29) is 6.04 Å². The lowest BCUT2D eigenvalue weighted by molar-refractivity contribution is 0.594. The average Bonchev–Trinajstić information content (AvgIpc) is 2.50. The third-order valence-electron chi connectivity index (χ3n) is 3.64. The first-order valence-corrected chi connectivity index (χ1v) is 7.49. The van der Waals surface area contributed by atoms with Crippen molar-refractivity contribution in [3.05, 3.63) is 65.0 Å². The lowest BCUT2D eigenvalue weighted by atomic mass is 9.94. The van der Waals surface area contributed by atoms with E-state index in [9.17, 15) is 0 Å². The maximum Gasteiger partial charge on any atom is 0.0580 e. The maximum absolute atomic E-state index is 4.26. The molecule has 1 aromatic heterocycles. The number of aromatic nitrogens is 1. The molecule has 0 radical (unpaired) electrons. The largest absolute Gasteiger partial charge is 0.306 e. The number of pyridine rings is 1. The summed E-state index contributed by atoms with van der Waals surface area (Å²) >= 11 is 0. The average molecular weight is 268 g/mol. The summed E-state index contributed by atoms with van der Waals surface area (Å²) in [5.41, 5.74) is 5.29. The molecule has 0 saturated heterocycles. The summed E-state index contributed by atoms with van der Waals surface area (Å²) in [6, 6.07) is 11.2. The Morgan fingerprint density at radius 1 is 1.10 bits per heavy atom. The Morgan fingerprint density at radius 2 is 1.85 bits per heavy atom. The van der Waals surface area contributed by atoms with Gasteiger partial charge in [0.2, 0.25) is 0 Å². The molecule has 1 aromatic carbocycles. The van der Waals surface area contributed by atoms with Gasteiger partial charge in [0, 0.05) is 12.4 Å². The van der Waals surface area contributed by atoms with Crippen LogP contribution in [0.1, 0.15) is 48.6 Å². The highest BCUT2D eigenvalue weighted by molar-refractivity contribution is 5.36. The van der Waals surface area contributed by atoms with E-state index < -0.39 is 0 Å². The molecule has 0 aliphatic heterocycles. The zero-order chi connectivity index (χ0) is 14.4. The third-order valence-corrected chi connectivity index (χ3v) is 3.64. The van der Waals surface area contributed by atoms with Gasteiger partial charge >= 0.3 is 0 Å². The fourth-order valence-electron chi connectivity index (χ4n) is 2.47. The Labute approximate surface area is 122 Å². The number of nitrogens with one attached hydrogen (secondary N) is 1. The second kappa shape index (κ2) is 7.20. The molecule has 0 aliphatic carbocycles. The van der Waals surface area contributed by atoms with Gasteiger partial charge in [0.05, 0.1) is 6.04 Å². The van der Waals surface area contributed by atoms with Crippen LogP contribution in [0.5, 0.6) is 0 Å². The van der Waals surface area contributed by atoms with E-state index in [1.807, 2.05) is 12.4 Å². The molecule has 2 heteroatoms. The predicted octanol–water partition coefficient (Wildman–Crippen LogP) is 4.04. The number of hydrogen-bond donors (Lipinski definition) is 1. The van der Waals surface area contributed by atoms with E-state index in [0.29, 0.717) is 0 Å². The second-order valence-corrected chi connectivity index (χ2v) is 5.23. The highest BCUT2D eigenvalue weighted by atomic mass is 14.9. The van der Waals surface area contributed by atoms with Crippen LogP contribution in [-0.4, -0.2) is 11.5 Å². The van der Waals surface area contributed by atoms with Crippen molar-refractivity contribution in [3.63, 3.8) is 0 Å². The maximum atomic E-state index is 4.26.